The maximum Gasteiger partial charge on any atom is 0.132 e. The Morgan fingerprint density at radius 1 is 1.18 bits per heavy atom. The number of hydrogen-bond donors (Lipinski definition) is 2. The molecule has 1 saturated heterocycles. The minimum Gasteiger partial charge on any atom is -0.383 e. The van der Waals surface area contributed by atoms with Crippen LogP contribution in [0.3, 0.4) is 0 Å². The van der Waals surface area contributed by atoms with Gasteiger partial charge in [-0.1, -0.05) is 6.42 Å². The van der Waals surface area contributed by atoms with E-state index in [1.165, 1.54) is 36.9 Å². The van der Waals surface area contributed by atoms with Crippen LogP contribution in [0.4, 0.5) is 5.82 Å². The van der Waals surface area contributed by atoms with Gasteiger partial charge in [-0.2, -0.15) is 0 Å². The van der Waals surface area contributed by atoms with E-state index in [9.17, 15) is 0 Å². The van der Waals surface area contributed by atoms with Gasteiger partial charge in [0.15, 0.2) is 0 Å². The third-order valence-electron chi connectivity index (χ3n) is 3.85. The van der Waals surface area contributed by atoms with Crippen molar-refractivity contribution in [3.63, 3.8) is 0 Å². The summed E-state index contributed by atoms with van der Waals surface area (Å²) in [5, 5.41) is 3.53. The lowest BCUT2D eigenvalue weighted by Crippen LogP contribution is -2.36. The maximum atomic E-state index is 6.01. The first-order valence-corrected chi connectivity index (χ1v) is 6.70. The number of anilines is 1. The predicted molar refractivity (Wildman–Crippen MR) is 67.8 cm³/mol. The summed E-state index contributed by atoms with van der Waals surface area (Å²) in [6.07, 6.45) is 8.09. The van der Waals surface area contributed by atoms with Gasteiger partial charge in [-0.3, -0.25) is 0 Å². The third kappa shape index (κ3) is 2.27. The molecule has 3 N–H and O–H groups in total. The summed E-state index contributed by atoms with van der Waals surface area (Å²) >= 11 is 0. The number of nitrogens with two attached hydrogens (primary N) is 1. The summed E-state index contributed by atoms with van der Waals surface area (Å²) in [4.78, 5) is 9.14. The molecule has 17 heavy (non-hydrogen) atoms. The summed E-state index contributed by atoms with van der Waals surface area (Å²) in [6, 6.07) is 0.544. The third-order valence-corrected chi connectivity index (χ3v) is 3.85. The Kier molecular flexibility index (Phi) is 2.97. The lowest BCUT2D eigenvalue weighted by atomic mass is 10.0. The van der Waals surface area contributed by atoms with E-state index >= 15 is 0 Å². The predicted octanol–water partition coefficient (Wildman–Crippen LogP) is 1.23. The van der Waals surface area contributed by atoms with E-state index in [4.69, 9.17) is 5.73 Å². The van der Waals surface area contributed by atoms with Gasteiger partial charge in [-0.15, -0.1) is 0 Å². The summed E-state index contributed by atoms with van der Waals surface area (Å²) in [6.45, 7) is 1.13. The molecule has 2 aliphatic rings. The van der Waals surface area contributed by atoms with Crippen LogP contribution in [0.15, 0.2) is 0 Å². The average molecular weight is 232 g/mol. The fraction of sp³-hybridized carbons (Fsp3) is 0.692. The number of nitrogens with one attached hydrogen (secondary N) is 1. The van der Waals surface area contributed by atoms with Crippen molar-refractivity contribution in [2.45, 2.75) is 51.0 Å². The first-order valence-electron chi connectivity index (χ1n) is 6.70. The van der Waals surface area contributed by atoms with Gasteiger partial charge in [-0.25, -0.2) is 9.97 Å². The van der Waals surface area contributed by atoms with E-state index in [0.717, 1.165) is 37.4 Å². The Bertz CT molecular complexity index is 410. The van der Waals surface area contributed by atoms with Gasteiger partial charge in [-0.05, 0) is 38.6 Å². The average Bonchev–Trinajstić information content (AvgIpc) is 2.79. The van der Waals surface area contributed by atoms with Gasteiger partial charge < -0.3 is 11.1 Å². The van der Waals surface area contributed by atoms with Crippen LogP contribution in [-0.2, 0) is 19.3 Å². The molecule has 92 valence electrons. The number of hydrogen-bond acceptors (Lipinski definition) is 4. The molecule has 0 bridgehead atoms. The normalized spacial score (nSPS) is 23.6. The van der Waals surface area contributed by atoms with Crippen LogP contribution in [-0.4, -0.2) is 22.6 Å². The van der Waals surface area contributed by atoms with Crippen molar-refractivity contribution in [3.8, 4) is 0 Å². The Labute approximate surface area is 102 Å². The second-order valence-corrected chi connectivity index (χ2v) is 5.15. The number of aromatic nitrogens is 2. The summed E-state index contributed by atoms with van der Waals surface area (Å²) in [7, 11) is 0. The quantitative estimate of drug-likeness (QED) is 0.805. The molecule has 0 aromatic carbocycles. The second kappa shape index (κ2) is 4.61. The Morgan fingerprint density at radius 2 is 2.12 bits per heavy atom. The smallest absolute Gasteiger partial charge is 0.132 e. The molecule has 4 heteroatoms. The number of fused-ring (bicyclic) bond motifs is 1. The Morgan fingerprint density at radius 3 is 2.94 bits per heavy atom. The van der Waals surface area contributed by atoms with Crippen LogP contribution < -0.4 is 11.1 Å². The van der Waals surface area contributed by atoms with Crippen molar-refractivity contribution in [2.24, 2.45) is 0 Å². The van der Waals surface area contributed by atoms with Crippen molar-refractivity contribution in [2.75, 3.05) is 12.3 Å². The molecule has 0 saturated carbocycles. The molecular weight excluding hydrogens is 212 g/mol. The van der Waals surface area contributed by atoms with Crippen LogP contribution in [0.1, 0.15) is 42.8 Å². The van der Waals surface area contributed by atoms with Gasteiger partial charge >= 0.3 is 0 Å². The lowest BCUT2D eigenvalue weighted by Gasteiger charge is -2.22. The molecular formula is C13H20N4. The monoisotopic (exact) mass is 232 g/mol. The zero-order valence-corrected chi connectivity index (χ0v) is 10.2. The fourth-order valence-corrected chi connectivity index (χ4v) is 2.92. The molecule has 1 aliphatic carbocycles. The van der Waals surface area contributed by atoms with Crippen LogP contribution in [0.2, 0.25) is 0 Å². The SMILES string of the molecule is Nc1nc(CC2CCCCN2)nc2c1CCC2. The summed E-state index contributed by atoms with van der Waals surface area (Å²) < 4.78 is 0. The van der Waals surface area contributed by atoms with Crippen molar-refractivity contribution >= 4 is 5.82 Å². The molecule has 0 spiro atoms. The highest BCUT2D eigenvalue weighted by molar-refractivity contribution is 5.44. The van der Waals surface area contributed by atoms with Crippen LogP contribution in [0.5, 0.6) is 0 Å². The molecule has 0 amide bonds. The molecule has 1 aromatic rings. The van der Waals surface area contributed by atoms with Crippen LogP contribution in [0, 0.1) is 0 Å². The van der Waals surface area contributed by atoms with Gasteiger partial charge in [0.25, 0.3) is 0 Å². The second-order valence-electron chi connectivity index (χ2n) is 5.15. The standard InChI is InChI=1S/C13H20N4/c14-13-10-5-3-6-11(10)16-12(17-13)8-9-4-1-2-7-15-9/h9,15H,1-8H2,(H2,14,16,17). The highest BCUT2D eigenvalue weighted by atomic mass is 15.0. The van der Waals surface area contributed by atoms with E-state index in [1.54, 1.807) is 0 Å². The number of piperidine rings is 1. The van der Waals surface area contributed by atoms with Crippen LogP contribution in [0.25, 0.3) is 0 Å². The lowest BCUT2D eigenvalue weighted by molar-refractivity contribution is 0.394. The zero-order chi connectivity index (χ0) is 11.7. The summed E-state index contributed by atoms with van der Waals surface area (Å²) in [5.74, 6) is 1.65. The van der Waals surface area contributed by atoms with Gasteiger partial charge in [0.1, 0.15) is 11.6 Å². The molecule has 1 fully saturated rings. The first-order chi connectivity index (χ1) is 8.33. The number of nitrogens with zero attached hydrogens (tertiary/aromatic N) is 2. The topological polar surface area (TPSA) is 63.8 Å². The summed E-state index contributed by atoms with van der Waals surface area (Å²) in [5.41, 5.74) is 8.40. The molecule has 4 nitrogen and oxygen atoms in total. The van der Waals surface area contributed by atoms with E-state index < -0.39 is 0 Å². The molecule has 1 unspecified atom stereocenters. The van der Waals surface area contributed by atoms with E-state index in [0.29, 0.717) is 6.04 Å². The van der Waals surface area contributed by atoms with Crippen molar-refractivity contribution < 1.29 is 0 Å². The fourth-order valence-electron chi connectivity index (χ4n) is 2.92. The molecule has 1 aliphatic heterocycles. The molecule has 0 radical (unpaired) electrons. The first kappa shape index (κ1) is 11.0. The van der Waals surface area contributed by atoms with Gasteiger partial charge in [0.05, 0.1) is 0 Å². The molecule has 1 atom stereocenters. The molecule has 1 aromatic heterocycles. The highest BCUT2D eigenvalue weighted by Gasteiger charge is 2.20. The number of nitrogen functional groups attached to an aromatic ring is 1. The van der Waals surface area contributed by atoms with E-state index in [1.807, 2.05) is 0 Å². The molecule has 3 rings (SSSR count). The van der Waals surface area contributed by atoms with Gasteiger partial charge in [0, 0.05) is 23.7 Å². The Hall–Kier alpha value is -1.16. The van der Waals surface area contributed by atoms with E-state index in [2.05, 4.69) is 15.3 Å². The van der Waals surface area contributed by atoms with Crippen molar-refractivity contribution in [1.29, 1.82) is 0 Å². The number of rotatable bonds is 2. The van der Waals surface area contributed by atoms with Crippen molar-refractivity contribution in [3.05, 3.63) is 17.1 Å². The number of aryl methyl sites for hydroxylation is 1. The van der Waals surface area contributed by atoms with Crippen molar-refractivity contribution in [1.82, 2.24) is 15.3 Å². The maximum absolute atomic E-state index is 6.01. The van der Waals surface area contributed by atoms with E-state index in [-0.39, 0.29) is 0 Å². The van der Waals surface area contributed by atoms with Crippen LogP contribution >= 0.6 is 0 Å². The minimum atomic E-state index is 0.544. The minimum absolute atomic E-state index is 0.544. The van der Waals surface area contributed by atoms with Gasteiger partial charge in [0.2, 0.25) is 0 Å². The highest BCUT2D eigenvalue weighted by Crippen LogP contribution is 2.24. The zero-order valence-electron chi connectivity index (χ0n) is 10.2. The molecule has 2 heterocycles. The Balaban J connectivity index is 1.76. The largest absolute Gasteiger partial charge is 0.383 e.